The molecule has 2 fully saturated rings. The van der Waals surface area contributed by atoms with Gasteiger partial charge in [0.15, 0.2) is 0 Å². The van der Waals surface area contributed by atoms with E-state index in [9.17, 15) is 0 Å². The highest BCUT2D eigenvalue weighted by Crippen LogP contribution is 2.34. The summed E-state index contributed by atoms with van der Waals surface area (Å²) in [5.41, 5.74) is 6.01. The average Bonchev–Trinajstić information content (AvgIpc) is 2.47. The second kappa shape index (κ2) is 7.61. The summed E-state index contributed by atoms with van der Waals surface area (Å²) in [5, 5.41) is 0. The number of hydrogen-bond donors (Lipinski definition) is 1. The summed E-state index contributed by atoms with van der Waals surface area (Å²) in [6, 6.07) is 0.742. The fourth-order valence-corrected chi connectivity index (χ4v) is 4.00. The molecule has 2 aliphatic rings. The van der Waals surface area contributed by atoms with Gasteiger partial charge in [0.2, 0.25) is 0 Å². The van der Waals surface area contributed by atoms with Crippen LogP contribution in [0.4, 0.5) is 0 Å². The van der Waals surface area contributed by atoms with Crippen LogP contribution in [-0.2, 0) is 4.74 Å². The summed E-state index contributed by atoms with van der Waals surface area (Å²) >= 11 is 0. The zero-order valence-corrected chi connectivity index (χ0v) is 12.8. The molecule has 1 aliphatic carbocycles. The third kappa shape index (κ3) is 3.93. The topological polar surface area (TPSA) is 38.5 Å². The molecule has 2 rings (SSSR count). The third-order valence-electron chi connectivity index (χ3n) is 5.29. The number of piperidine rings is 1. The third-order valence-corrected chi connectivity index (χ3v) is 5.29. The van der Waals surface area contributed by atoms with Gasteiger partial charge in [0.1, 0.15) is 0 Å². The van der Waals surface area contributed by atoms with Crippen LogP contribution in [0.25, 0.3) is 0 Å². The van der Waals surface area contributed by atoms with E-state index in [1.54, 1.807) is 0 Å². The first kappa shape index (κ1) is 15.3. The molecule has 3 nitrogen and oxygen atoms in total. The Kier molecular flexibility index (Phi) is 6.11. The van der Waals surface area contributed by atoms with E-state index in [1.807, 2.05) is 0 Å². The van der Waals surface area contributed by atoms with Crippen molar-refractivity contribution in [2.75, 3.05) is 26.2 Å². The highest BCUT2D eigenvalue weighted by Gasteiger charge is 2.34. The first-order valence-electron chi connectivity index (χ1n) is 8.34. The summed E-state index contributed by atoms with van der Waals surface area (Å²) in [7, 11) is 0. The van der Waals surface area contributed by atoms with E-state index >= 15 is 0 Å². The maximum atomic E-state index is 6.01. The molecule has 1 heterocycles. The largest absolute Gasteiger partial charge is 0.378 e. The number of ether oxygens (including phenoxy) is 1. The van der Waals surface area contributed by atoms with Crippen LogP contribution in [0.15, 0.2) is 0 Å². The highest BCUT2D eigenvalue weighted by molar-refractivity contribution is 4.89. The molecule has 3 atom stereocenters. The molecule has 2 N–H and O–H groups in total. The van der Waals surface area contributed by atoms with Crippen LogP contribution in [0.5, 0.6) is 0 Å². The molecule has 0 radical (unpaired) electrons. The molecule has 1 saturated carbocycles. The van der Waals surface area contributed by atoms with Crippen LogP contribution >= 0.6 is 0 Å². The fraction of sp³-hybridized carbons (Fsp3) is 1.00. The lowest BCUT2D eigenvalue weighted by atomic mass is 9.76. The average molecular weight is 268 g/mol. The molecule has 19 heavy (non-hydrogen) atoms. The van der Waals surface area contributed by atoms with E-state index in [0.29, 0.717) is 6.10 Å². The van der Waals surface area contributed by atoms with Gasteiger partial charge in [-0.15, -0.1) is 0 Å². The van der Waals surface area contributed by atoms with Crippen molar-refractivity contribution < 1.29 is 4.74 Å². The van der Waals surface area contributed by atoms with Crippen molar-refractivity contribution in [2.24, 2.45) is 17.6 Å². The Morgan fingerprint density at radius 1 is 1.11 bits per heavy atom. The first-order chi connectivity index (χ1) is 9.28. The van der Waals surface area contributed by atoms with Gasteiger partial charge in [-0.3, -0.25) is 4.90 Å². The normalized spacial score (nSPS) is 34.6. The van der Waals surface area contributed by atoms with Gasteiger partial charge in [-0.2, -0.15) is 0 Å². The Morgan fingerprint density at radius 3 is 2.42 bits per heavy atom. The van der Waals surface area contributed by atoms with Crippen LogP contribution in [-0.4, -0.2) is 43.3 Å². The lowest BCUT2D eigenvalue weighted by Crippen LogP contribution is -2.50. The second-order valence-corrected chi connectivity index (χ2v) is 6.34. The van der Waals surface area contributed by atoms with Gasteiger partial charge in [-0.05, 0) is 51.0 Å². The van der Waals surface area contributed by atoms with Gasteiger partial charge in [0, 0.05) is 25.7 Å². The number of nitrogens with zero attached hydrogens (tertiary/aromatic N) is 1. The van der Waals surface area contributed by atoms with Crippen LogP contribution in [0.3, 0.4) is 0 Å². The van der Waals surface area contributed by atoms with Crippen LogP contribution in [0, 0.1) is 11.8 Å². The maximum Gasteiger partial charge on any atom is 0.0599 e. The lowest BCUT2D eigenvalue weighted by Gasteiger charge is -2.45. The quantitative estimate of drug-likeness (QED) is 0.833. The van der Waals surface area contributed by atoms with E-state index < -0.39 is 0 Å². The van der Waals surface area contributed by atoms with E-state index in [0.717, 1.165) is 31.0 Å². The number of rotatable bonds is 5. The van der Waals surface area contributed by atoms with Crippen molar-refractivity contribution in [1.82, 2.24) is 4.90 Å². The number of likely N-dealkylation sites (tertiary alicyclic amines) is 1. The minimum atomic E-state index is 0.503. The Balaban J connectivity index is 1.88. The zero-order chi connectivity index (χ0) is 13.7. The van der Waals surface area contributed by atoms with Gasteiger partial charge in [0.25, 0.3) is 0 Å². The van der Waals surface area contributed by atoms with Crippen molar-refractivity contribution in [3.8, 4) is 0 Å². The lowest BCUT2D eigenvalue weighted by molar-refractivity contribution is -0.0142. The van der Waals surface area contributed by atoms with Crippen molar-refractivity contribution in [3.63, 3.8) is 0 Å². The molecule has 0 aromatic rings. The molecule has 3 heteroatoms. The van der Waals surface area contributed by atoms with E-state index in [4.69, 9.17) is 10.5 Å². The molecule has 112 valence electrons. The molecule has 0 aromatic carbocycles. The van der Waals surface area contributed by atoms with E-state index in [2.05, 4.69) is 18.7 Å². The monoisotopic (exact) mass is 268 g/mol. The van der Waals surface area contributed by atoms with E-state index in [-0.39, 0.29) is 0 Å². The van der Waals surface area contributed by atoms with Crippen molar-refractivity contribution in [1.29, 1.82) is 0 Å². The minimum absolute atomic E-state index is 0.503. The number of nitrogens with two attached hydrogens (primary N) is 1. The van der Waals surface area contributed by atoms with Crippen LogP contribution in [0.2, 0.25) is 0 Å². The summed E-state index contributed by atoms with van der Waals surface area (Å²) < 4.78 is 5.76. The molecule has 0 spiro atoms. The van der Waals surface area contributed by atoms with Gasteiger partial charge in [-0.25, -0.2) is 0 Å². The molecule has 0 aromatic heterocycles. The Hall–Kier alpha value is -0.120. The summed E-state index contributed by atoms with van der Waals surface area (Å²) in [6.45, 7) is 8.59. The van der Waals surface area contributed by atoms with Gasteiger partial charge < -0.3 is 10.5 Å². The molecule has 1 saturated heterocycles. The van der Waals surface area contributed by atoms with E-state index in [1.165, 1.54) is 51.6 Å². The predicted molar refractivity (Wildman–Crippen MR) is 80.2 cm³/mol. The molecular formula is C16H32N2O. The fourth-order valence-electron chi connectivity index (χ4n) is 4.00. The summed E-state index contributed by atoms with van der Waals surface area (Å²) in [5.74, 6) is 1.66. The second-order valence-electron chi connectivity index (χ2n) is 6.34. The van der Waals surface area contributed by atoms with Gasteiger partial charge in [-0.1, -0.05) is 19.8 Å². The van der Waals surface area contributed by atoms with Crippen molar-refractivity contribution in [3.05, 3.63) is 0 Å². The summed E-state index contributed by atoms with van der Waals surface area (Å²) in [6.07, 6.45) is 8.36. The molecular weight excluding hydrogens is 236 g/mol. The van der Waals surface area contributed by atoms with Gasteiger partial charge >= 0.3 is 0 Å². The summed E-state index contributed by atoms with van der Waals surface area (Å²) in [4.78, 5) is 2.72. The Morgan fingerprint density at radius 2 is 1.84 bits per heavy atom. The smallest absolute Gasteiger partial charge is 0.0599 e. The maximum absolute atomic E-state index is 6.01. The van der Waals surface area contributed by atoms with Crippen molar-refractivity contribution in [2.45, 2.75) is 64.5 Å². The standard InChI is InChI=1S/C16H32N2O/c1-3-13-5-6-14(12-17)16(11-13)18-9-7-15(8-10-18)19-4-2/h13-16H,3-12,17H2,1-2H3. The molecule has 3 unspecified atom stereocenters. The van der Waals surface area contributed by atoms with Crippen molar-refractivity contribution >= 4 is 0 Å². The predicted octanol–water partition coefficient (Wildman–Crippen LogP) is 2.64. The first-order valence-corrected chi connectivity index (χ1v) is 8.34. The van der Waals surface area contributed by atoms with Crippen LogP contribution < -0.4 is 5.73 Å². The Bertz CT molecular complexity index is 251. The molecule has 1 aliphatic heterocycles. The SMILES string of the molecule is CCOC1CCN(C2CC(CC)CCC2CN)CC1. The van der Waals surface area contributed by atoms with Gasteiger partial charge in [0.05, 0.1) is 6.10 Å². The molecule has 0 amide bonds. The number of hydrogen-bond acceptors (Lipinski definition) is 3. The Labute approximate surface area is 118 Å². The molecule has 0 bridgehead atoms. The minimum Gasteiger partial charge on any atom is -0.378 e. The zero-order valence-electron chi connectivity index (χ0n) is 12.8. The van der Waals surface area contributed by atoms with Crippen LogP contribution in [0.1, 0.15) is 52.4 Å². The highest BCUT2D eigenvalue weighted by atomic mass is 16.5.